The molecule has 0 heterocycles. The smallest absolute Gasteiger partial charge is 0.387 e. The van der Waals surface area contributed by atoms with Crippen molar-refractivity contribution in [2.45, 2.75) is 44.8 Å². The van der Waals surface area contributed by atoms with Crippen molar-refractivity contribution in [2.75, 3.05) is 5.32 Å². The van der Waals surface area contributed by atoms with Crippen LogP contribution in [0.2, 0.25) is 0 Å². The second-order valence-electron chi connectivity index (χ2n) is 7.23. The third-order valence-corrected chi connectivity index (χ3v) is 6.10. The second-order valence-corrected chi connectivity index (χ2v) is 7.23. The number of hydrogen-bond acceptors (Lipinski definition) is 2. The number of ether oxygens (including phenoxy) is 1. The Morgan fingerprint density at radius 3 is 2.75 bits per heavy atom. The molecule has 3 fully saturated rings. The highest BCUT2D eigenvalue weighted by molar-refractivity contribution is 5.91. The molecule has 2 bridgehead atoms. The Morgan fingerprint density at radius 2 is 1.92 bits per heavy atom. The van der Waals surface area contributed by atoms with Crippen LogP contribution in [0, 0.1) is 23.7 Å². The lowest BCUT2D eigenvalue weighted by Crippen LogP contribution is -2.44. The molecule has 6 heteroatoms. The monoisotopic (exact) mass is 336 g/mol. The quantitative estimate of drug-likeness (QED) is 0.864. The maximum Gasteiger partial charge on any atom is 0.387 e. The number of alkyl halides is 2. The molecule has 3 aliphatic rings. The Kier molecular flexibility index (Phi) is 4.06. The number of carbonyl (C=O) groups excluding carboxylic acids is 1. The van der Waals surface area contributed by atoms with Gasteiger partial charge in [0.05, 0.1) is 5.69 Å². The van der Waals surface area contributed by atoms with Crippen LogP contribution in [0.3, 0.4) is 0 Å². The largest absolute Gasteiger partial charge is 0.433 e. The van der Waals surface area contributed by atoms with E-state index in [1.165, 1.54) is 31.7 Å². The molecule has 5 unspecified atom stereocenters. The van der Waals surface area contributed by atoms with E-state index in [0.29, 0.717) is 5.92 Å². The van der Waals surface area contributed by atoms with Crippen molar-refractivity contribution in [3.63, 3.8) is 0 Å². The van der Waals surface area contributed by atoms with Gasteiger partial charge in [-0.2, -0.15) is 8.78 Å². The fraction of sp³-hybridized carbons (Fsp3) is 0.611. The van der Waals surface area contributed by atoms with Crippen LogP contribution in [0.5, 0.6) is 5.75 Å². The van der Waals surface area contributed by atoms with Gasteiger partial charge in [0, 0.05) is 6.04 Å². The van der Waals surface area contributed by atoms with Crippen LogP contribution in [-0.2, 0) is 0 Å². The number of carbonyl (C=O) groups is 1. The minimum atomic E-state index is -2.92. The molecule has 2 N–H and O–H groups in total. The Hall–Kier alpha value is -1.85. The molecule has 3 saturated carbocycles. The first-order valence-electron chi connectivity index (χ1n) is 8.73. The van der Waals surface area contributed by atoms with E-state index in [1.807, 2.05) is 0 Å². The van der Waals surface area contributed by atoms with Crippen LogP contribution < -0.4 is 15.4 Å². The van der Waals surface area contributed by atoms with Crippen molar-refractivity contribution in [2.24, 2.45) is 23.7 Å². The molecule has 0 aromatic heterocycles. The predicted molar refractivity (Wildman–Crippen MR) is 86.1 cm³/mol. The summed E-state index contributed by atoms with van der Waals surface area (Å²) in [5.41, 5.74) is 0.261. The Bertz CT molecular complexity index is 625. The molecule has 0 radical (unpaired) electrons. The third kappa shape index (κ3) is 2.82. The molecule has 4 rings (SSSR count). The first kappa shape index (κ1) is 15.7. The molecule has 1 aromatic rings. The summed E-state index contributed by atoms with van der Waals surface area (Å²) in [5.74, 6) is 2.95. The van der Waals surface area contributed by atoms with Gasteiger partial charge in [-0.3, -0.25) is 0 Å². The molecule has 0 spiro atoms. The van der Waals surface area contributed by atoms with Gasteiger partial charge < -0.3 is 15.4 Å². The molecule has 5 atom stereocenters. The molecular formula is C18H22F2N2O2. The summed E-state index contributed by atoms with van der Waals surface area (Å²) in [6.45, 7) is -2.92. The predicted octanol–water partition coefficient (Wildman–Crippen LogP) is 4.23. The summed E-state index contributed by atoms with van der Waals surface area (Å²) in [6.07, 6.45) is 6.24. The highest BCUT2D eigenvalue weighted by atomic mass is 19.3. The first-order valence-corrected chi connectivity index (χ1v) is 8.73. The van der Waals surface area contributed by atoms with E-state index >= 15 is 0 Å². The standard InChI is InChI=1S/C18H22F2N2O2/c19-17(20)24-16-7-2-1-6-14(16)21-18(23)22-15-9-10-8-13(15)12-5-3-4-11(10)12/h1-2,6-7,10-13,15,17H,3-5,8-9H2,(H2,21,22,23). The van der Waals surface area contributed by atoms with Gasteiger partial charge in [-0.15, -0.1) is 0 Å². The average Bonchev–Trinajstić information content (AvgIpc) is 3.20. The number of anilines is 1. The van der Waals surface area contributed by atoms with Gasteiger partial charge in [-0.05, 0) is 61.5 Å². The zero-order valence-electron chi connectivity index (χ0n) is 13.4. The van der Waals surface area contributed by atoms with Crippen LogP contribution in [0.4, 0.5) is 19.3 Å². The van der Waals surface area contributed by atoms with Crippen LogP contribution >= 0.6 is 0 Å². The van der Waals surface area contributed by atoms with Gasteiger partial charge >= 0.3 is 12.6 Å². The zero-order chi connectivity index (χ0) is 16.7. The van der Waals surface area contributed by atoms with E-state index in [1.54, 1.807) is 18.2 Å². The van der Waals surface area contributed by atoms with E-state index in [9.17, 15) is 13.6 Å². The highest BCUT2D eigenvalue weighted by Gasteiger charge is 2.54. The summed E-state index contributed by atoms with van der Waals surface area (Å²) in [5, 5.41) is 5.71. The molecule has 1 aromatic carbocycles. The fourth-order valence-electron chi connectivity index (χ4n) is 5.33. The summed E-state index contributed by atoms with van der Waals surface area (Å²) in [4.78, 5) is 12.3. The average molecular weight is 336 g/mol. The fourth-order valence-corrected chi connectivity index (χ4v) is 5.33. The molecule has 24 heavy (non-hydrogen) atoms. The maximum atomic E-state index is 12.4. The lowest BCUT2D eigenvalue weighted by molar-refractivity contribution is -0.0493. The van der Waals surface area contributed by atoms with Gasteiger partial charge in [0.15, 0.2) is 0 Å². The summed E-state index contributed by atoms with van der Waals surface area (Å²) in [6, 6.07) is 6.11. The number of halogens is 2. The first-order chi connectivity index (χ1) is 11.6. The van der Waals surface area contributed by atoms with Crippen LogP contribution in [0.15, 0.2) is 24.3 Å². The highest BCUT2D eigenvalue weighted by Crippen LogP contribution is 2.58. The molecule has 4 nitrogen and oxygen atoms in total. The number of amides is 2. The molecule has 0 aliphatic heterocycles. The van der Waals surface area contributed by atoms with Gasteiger partial charge in [0.25, 0.3) is 0 Å². The molecule has 2 amide bonds. The van der Waals surface area contributed by atoms with Crippen molar-refractivity contribution in [3.8, 4) is 5.75 Å². The van der Waals surface area contributed by atoms with Crippen molar-refractivity contribution in [1.82, 2.24) is 5.32 Å². The number of benzene rings is 1. The van der Waals surface area contributed by atoms with E-state index in [-0.39, 0.29) is 23.5 Å². The van der Waals surface area contributed by atoms with Gasteiger partial charge in [-0.1, -0.05) is 18.6 Å². The number of nitrogens with one attached hydrogen (secondary N) is 2. The lowest BCUT2D eigenvalue weighted by atomic mass is 9.79. The Labute approximate surface area is 139 Å². The normalized spacial score (nSPS) is 33.5. The molecule has 130 valence electrons. The summed E-state index contributed by atoms with van der Waals surface area (Å²) in [7, 11) is 0. The summed E-state index contributed by atoms with van der Waals surface area (Å²) < 4.78 is 29.3. The van der Waals surface area contributed by atoms with Crippen molar-refractivity contribution < 1.29 is 18.3 Å². The SMILES string of the molecule is O=C(Nc1ccccc1OC(F)F)NC1CC2CC1C1CCCC21. The van der Waals surface area contributed by atoms with Gasteiger partial charge in [0.1, 0.15) is 5.75 Å². The molecular weight excluding hydrogens is 314 g/mol. The number of rotatable bonds is 4. The van der Waals surface area contributed by atoms with Crippen LogP contribution in [0.1, 0.15) is 32.1 Å². The van der Waals surface area contributed by atoms with Crippen LogP contribution in [-0.4, -0.2) is 18.7 Å². The van der Waals surface area contributed by atoms with Crippen molar-refractivity contribution in [1.29, 1.82) is 0 Å². The number of hydrogen-bond donors (Lipinski definition) is 2. The minimum absolute atomic E-state index is 0.0218. The Balaban J connectivity index is 1.38. The summed E-state index contributed by atoms with van der Waals surface area (Å²) >= 11 is 0. The van der Waals surface area contributed by atoms with Gasteiger partial charge in [0.2, 0.25) is 0 Å². The number of fused-ring (bicyclic) bond motifs is 5. The Morgan fingerprint density at radius 1 is 1.12 bits per heavy atom. The van der Waals surface area contributed by atoms with E-state index in [0.717, 1.165) is 24.2 Å². The maximum absolute atomic E-state index is 12.4. The minimum Gasteiger partial charge on any atom is -0.433 e. The van der Waals surface area contributed by atoms with E-state index < -0.39 is 6.61 Å². The van der Waals surface area contributed by atoms with Crippen molar-refractivity contribution in [3.05, 3.63) is 24.3 Å². The number of urea groups is 1. The third-order valence-electron chi connectivity index (χ3n) is 6.10. The topological polar surface area (TPSA) is 50.4 Å². The molecule has 3 aliphatic carbocycles. The lowest BCUT2D eigenvalue weighted by Gasteiger charge is -2.32. The zero-order valence-corrected chi connectivity index (χ0v) is 13.4. The van der Waals surface area contributed by atoms with Gasteiger partial charge in [-0.25, -0.2) is 4.79 Å². The van der Waals surface area contributed by atoms with Crippen molar-refractivity contribution >= 4 is 11.7 Å². The van der Waals surface area contributed by atoms with E-state index in [4.69, 9.17) is 0 Å². The van der Waals surface area contributed by atoms with Crippen LogP contribution in [0.25, 0.3) is 0 Å². The molecule has 0 saturated heterocycles. The number of para-hydroxylation sites is 2. The van der Waals surface area contributed by atoms with E-state index in [2.05, 4.69) is 15.4 Å². The second kappa shape index (κ2) is 6.22.